The lowest BCUT2D eigenvalue weighted by atomic mass is 10.2. The summed E-state index contributed by atoms with van der Waals surface area (Å²) in [5.41, 5.74) is 1.23. The van der Waals surface area contributed by atoms with Gasteiger partial charge in [0.25, 0.3) is 5.91 Å². The van der Waals surface area contributed by atoms with Gasteiger partial charge in [0, 0.05) is 12.7 Å². The average Bonchev–Trinajstić information content (AvgIpc) is 2.53. The maximum Gasteiger partial charge on any atom is 0.264 e. The van der Waals surface area contributed by atoms with Gasteiger partial charge in [-0.15, -0.1) is 0 Å². The summed E-state index contributed by atoms with van der Waals surface area (Å²) < 4.78 is 5.41. The van der Waals surface area contributed by atoms with Crippen LogP contribution >= 0.6 is 0 Å². The summed E-state index contributed by atoms with van der Waals surface area (Å²) >= 11 is 0. The number of nitrogens with zero attached hydrogens (tertiary/aromatic N) is 1. The molecular formula is C16H15NO3. The van der Waals surface area contributed by atoms with Gasteiger partial charge in [0.15, 0.2) is 12.9 Å². The minimum Gasteiger partial charge on any atom is -0.483 e. The summed E-state index contributed by atoms with van der Waals surface area (Å²) in [6, 6.07) is 16.1. The number of aldehydes is 1. The minimum atomic E-state index is -0.183. The van der Waals surface area contributed by atoms with Crippen molar-refractivity contribution in [2.24, 2.45) is 0 Å². The summed E-state index contributed by atoms with van der Waals surface area (Å²) in [7, 11) is 1.69. The first-order chi connectivity index (χ1) is 9.72. The number of rotatable bonds is 5. The fraction of sp³-hybridized carbons (Fsp3) is 0.125. The SMILES string of the molecule is CN(C(=O)COc1ccccc1C=O)c1ccccc1. The third-order valence-corrected chi connectivity index (χ3v) is 2.91. The number of para-hydroxylation sites is 2. The predicted molar refractivity (Wildman–Crippen MR) is 77.2 cm³/mol. The van der Waals surface area contributed by atoms with E-state index in [2.05, 4.69) is 0 Å². The molecular weight excluding hydrogens is 254 g/mol. The van der Waals surface area contributed by atoms with Crippen LogP contribution in [0.3, 0.4) is 0 Å². The van der Waals surface area contributed by atoms with Crippen molar-refractivity contribution in [3.63, 3.8) is 0 Å². The zero-order valence-corrected chi connectivity index (χ0v) is 11.2. The van der Waals surface area contributed by atoms with Crippen molar-refractivity contribution in [2.75, 3.05) is 18.6 Å². The summed E-state index contributed by atoms with van der Waals surface area (Å²) in [5, 5.41) is 0. The summed E-state index contributed by atoms with van der Waals surface area (Å²) in [4.78, 5) is 24.4. The molecule has 0 aliphatic carbocycles. The molecule has 0 bridgehead atoms. The van der Waals surface area contributed by atoms with Crippen LogP contribution < -0.4 is 9.64 Å². The molecule has 0 aliphatic heterocycles. The summed E-state index contributed by atoms with van der Waals surface area (Å²) in [5.74, 6) is 0.231. The molecule has 4 heteroatoms. The lowest BCUT2D eigenvalue weighted by Gasteiger charge is -2.17. The molecule has 0 atom stereocenters. The maximum atomic E-state index is 12.0. The van der Waals surface area contributed by atoms with Crippen LogP contribution in [-0.2, 0) is 4.79 Å². The van der Waals surface area contributed by atoms with E-state index in [1.54, 1.807) is 31.3 Å². The first kappa shape index (κ1) is 13.8. The van der Waals surface area contributed by atoms with Gasteiger partial charge in [0.2, 0.25) is 0 Å². The number of carbonyl (C=O) groups excluding carboxylic acids is 2. The van der Waals surface area contributed by atoms with Crippen LogP contribution in [0.4, 0.5) is 5.69 Å². The normalized spacial score (nSPS) is 9.85. The number of likely N-dealkylation sites (N-methyl/N-ethyl adjacent to an activating group) is 1. The number of benzene rings is 2. The molecule has 4 nitrogen and oxygen atoms in total. The van der Waals surface area contributed by atoms with Gasteiger partial charge in [-0.1, -0.05) is 30.3 Å². The van der Waals surface area contributed by atoms with Gasteiger partial charge in [0.05, 0.1) is 5.56 Å². The highest BCUT2D eigenvalue weighted by Crippen LogP contribution is 2.16. The van der Waals surface area contributed by atoms with Crippen molar-refractivity contribution in [3.8, 4) is 5.75 Å². The molecule has 0 heterocycles. The molecule has 1 amide bonds. The lowest BCUT2D eigenvalue weighted by Crippen LogP contribution is -2.31. The van der Waals surface area contributed by atoms with E-state index in [1.807, 2.05) is 30.3 Å². The molecule has 2 rings (SSSR count). The van der Waals surface area contributed by atoms with E-state index in [1.165, 1.54) is 4.90 Å². The lowest BCUT2D eigenvalue weighted by molar-refractivity contribution is -0.120. The predicted octanol–water partition coefficient (Wildman–Crippen LogP) is 2.54. The van der Waals surface area contributed by atoms with E-state index >= 15 is 0 Å². The fourth-order valence-corrected chi connectivity index (χ4v) is 1.74. The van der Waals surface area contributed by atoms with Crippen LogP contribution in [0, 0.1) is 0 Å². The number of ether oxygens (including phenoxy) is 1. The maximum absolute atomic E-state index is 12.0. The van der Waals surface area contributed by atoms with Crippen molar-refractivity contribution in [1.82, 2.24) is 0 Å². The number of amides is 1. The topological polar surface area (TPSA) is 46.6 Å². The van der Waals surface area contributed by atoms with Gasteiger partial charge in [-0.2, -0.15) is 0 Å². The largest absolute Gasteiger partial charge is 0.483 e. The highest BCUT2D eigenvalue weighted by molar-refractivity contribution is 5.94. The second-order valence-corrected chi connectivity index (χ2v) is 4.23. The second kappa shape index (κ2) is 6.52. The minimum absolute atomic E-state index is 0.115. The van der Waals surface area contributed by atoms with E-state index in [0.29, 0.717) is 17.6 Å². The first-order valence-corrected chi connectivity index (χ1v) is 6.21. The standard InChI is InChI=1S/C16H15NO3/c1-17(14-8-3-2-4-9-14)16(19)12-20-15-10-6-5-7-13(15)11-18/h2-11H,12H2,1H3. The van der Waals surface area contributed by atoms with E-state index < -0.39 is 0 Å². The molecule has 0 aliphatic rings. The molecule has 0 saturated heterocycles. The molecule has 0 N–H and O–H groups in total. The van der Waals surface area contributed by atoms with Crippen LogP contribution in [0.2, 0.25) is 0 Å². The number of hydrogen-bond donors (Lipinski definition) is 0. The molecule has 2 aromatic carbocycles. The van der Waals surface area contributed by atoms with Crippen molar-refractivity contribution >= 4 is 17.9 Å². The summed E-state index contributed by atoms with van der Waals surface area (Å²) in [6.45, 7) is -0.115. The van der Waals surface area contributed by atoms with Gasteiger partial charge in [0.1, 0.15) is 5.75 Å². The average molecular weight is 269 g/mol. The zero-order valence-electron chi connectivity index (χ0n) is 11.2. The van der Waals surface area contributed by atoms with Gasteiger partial charge in [-0.3, -0.25) is 9.59 Å². The second-order valence-electron chi connectivity index (χ2n) is 4.23. The van der Waals surface area contributed by atoms with Crippen molar-refractivity contribution in [1.29, 1.82) is 0 Å². The van der Waals surface area contributed by atoms with Gasteiger partial charge in [-0.05, 0) is 24.3 Å². The van der Waals surface area contributed by atoms with E-state index in [4.69, 9.17) is 4.74 Å². The van der Waals surface area contributed by atoms with Crippen LogP contribution in [0.25, 0.3) is 0 Å². The molecule has 0 spiro atoms. The van der Waals surface area contributed by atoms with Gasteiger partial charge >= 0.3 is 0 Å². The third kappa shape index (κ3) is 3.23. The molecule has 20 heavy (non-hydrogen) atoms. The Morgan fingerprint density at radius 1 is 1.10 bits per heavy atom. The highest BCUT2D eigenvalue weighted by Gasteiger charge is 2.12. The monoisotopic (exact) mass is 269 g/mol. The molecule has 0 radical (unpaired) electrons. The number of hydrogen-bond acceptors (Lipinski definition) is 3. The number of anilines is 1. The van der Waals surface area contributed by atoms with Crippen molar-refractivity contribution < 1.29 is 14.3 Å². The van der Waals surface area contributed by atoms with E-state index in [0.717, 1.165) is 5.69 Å². The Bertz CT molecular complexity index is 596. The Morgan fingerprint density at radius 2 is 1.75 bits per heavy atom. The first-order valence-electron chi connectivity index (χ1n) is 6.21. The Hall–Kier alpha value is -2.62. The zero-order chi connectivity index (χ0) is 14.4. The Balaban J connectivity index is 2.00. The van der Waals surface area contributed by atoms with Crippen LogP contribution in [0.15, 0.2) is 54.6 Å². The van der Waals surface area contributed by atoms with Gasteiger partial charge < -0.3 is 9.64 Å². The molecule has 0 saturated carbocycles. The van der Waals surface area contributed by atoms with Crippen LogP contribution in [-0.4, -0.2) is 25.8 Å². The van der Waals surface area contributed by atoms with Crippen molar-refractivity contribution in [2.45, 2.75) is 0 Å². The number of carbonyl (C=O) groups is 2. The van der Waals surface area contributed by atoms with Crippen LogP contribution in [0.5, 0.6) is 5.75 Å². The molecule has 0 fully saturated rings. The smallest absolute Gasteiger partial charge is 0.264 e. The highest BCUT2D eigenvalue weighted by atomic mass is 16.5. The van der Waals surface area contributed by atoms with Crippen LogP contribution in [0.1, 0.15) is 10.4 Å². The molecule has 0 aromatic heterocycles. The fourth-order valence-electron chi connectivity index (χ4n) is 1.74. The Labute approximate surface area is 117 Å². The Morgan fingerprint density at radius 3 is 2.45 bits per heavy atom. The van der Waals surface area contributed by atoms with E-state index in [9.17, 15) is 9.59 Å². The molecule has 2 aromatic rings. The molecule has 102 valence electrons. The van der Waals surface area contributed by atoms with Gasteiger partial charge in [-0.25, -0.2) is 0 Å². The van der Waals surface area contributed by atoms with Crippen molar-refractivity contribution in [3.05, 3.63) is 60.2 Å². The third-order valence-electron chi connectivity index (χ3n) is 2.91. The Kier molecular flexibility index (Phi) is 4.50. The molecule has 0 unspecified atom stereocenters. The van der Waals surface area contributed by atoms with E-state index in [-0.39, 0.29) is 12.5 Å². The quantitative estimate of drug-likeness (QED) is 0.784. The summed E-state index contributed by atoms with van der Waals surface area (Å²) in [6.07, 6.45) is 0.709.